The molecule has 1 unspecified atom stereocenters. The lowest BCUT2D eigenvalue weighted by molar-refractivity contribution is -0.139. The van der Waals surface area contributed by atoms with Crippen molar-refractivity contribution in [2.75, 3.05) is 6.61 Å². The Morgan fingerprint density at radius 1 is 1.31 bits per heavy atom. The topological polar surface area (TPSA) is 55.8 Å². The second-order valence-corrected chi connectivity index (χ2v) is 3.69. The van der Waals surface area contributed by atoms with Crippen molar-refractivity contribution in [3.8, 4) is 0 Å². The summed E-state index contributed by atoms with van der Waals surface area (Å²) < 4.78 is 9.92. The van der Waals surface area contributed by atoms with Gasteiger partial charge in [-0.1, -0.05) is 0 Å². The molecule has 1 N–H and O–H groups in total. The number of rotatable bonds is 2. The molecule has 2 rings (SSSR count). The van der Waals surface area contributed by atoms with Gasteiger partial charge in [0.1, 0.15) is 6.10 Å². The summed E-state index contributed by atoms with van der Waals surface area (Å²) in [7, 11) is 0. The van der Waals surface area contributed by atoms with Crippen molar-refractivity contribution in [3.63, 3.8) is 0 Å². The first-order valence-corrected chi connectivity index (χ1v) is 5.58. The van der Waals surface area contributed by atoms with Crippen LogP contribution in [0.3, 0.4) is 0 Å². The Labute approximate surface area is 95.6 Å². The molecule has 0 aromatic carbocycles. The van der Waals surface area contributed by atoms with Gasteiger partial charge >= 0.3 is 5.97 Å². The van der Waals surface area contributed by atoms with Gasteiger partial charge < -0.3 is 14.6 Å². The minimum absolute atomic E-state index is 0.109. The van der Waals surface area contributed by atoms with Crippen LogP contribution >= 0.6 is 0 Å². The molecule has 1 atom stereocenters. The molecule has 2 aliphatic rings. The van der Waals surface area contributed by atoms with Gasteiger partial charge in [0.25, 0.3) is 0 Å². The van der Waals surface area contributed by atoms with E-state index in [-0.39, 0.29) is 12.5 Å². The zero-order chi connectivity index (χ0) is 11.6. The van der Waals surface area contributed by atoms with Crippen molar-refractivity contribution >= 4 is 5.97 Å². The van der Waals surface area contributed by atoms with Crippen LogP contribution in [0.2, 0.25) is 0 Å². The van der Waals surface area contributed by atoms with E-state index < -0.39 is 5.97 Å². The fraction of sp³-hybridized carbons (Fsp3) is 0.583. The lowest BCUT2D eigenvalue weighted by Crippen LogP contribution is -2.16. The van der Waals surface area contributed by atoms with E-state index >= 15 is 0 Å². The first kappa shape index (κ1) is 12.6. The van der Waals surface area contributed by atoms with Crippen molar-refractivity contribution < 1.29 is 19.4 Å². The number of ether oxygens (including phenoxy) is 2. The van der Waals surface area contributed by atoms with Crippen LogP contribution in [0.4, 0.5) is 0 Å². The fourth-order valence-electron chi connectivity index (χ4n) is 1.42. The van der Waals surface area contributed by atoms with Crippen LogP contribution in [-0.4, -0.2) is 23.8 Å². The Morgan fingerprint density at radius 2 is 2.12 bits per heavy atom. The molecule has 0 radical (unpaired) electrons. The Kier molecular flexibility index (Phi) is 6.15. The summed E-state index contributed by atoms with van der Waals surface area (Å²) in [5.74, 6) is -0.791. The van der Waals surface area contributed by atoms with E-state index in [4.69, 9.17) is 14.6 Å². The maximum Gasteiger partial charge on any atom is 0.307 e. The van der Waals surface area contributed by atoms with E-state index in [9.17, 15) is 4.79 Å². The van der Waals surface area contributed by atoms with Gasteiger partial charge in [0.2, 0.25) is 0 Å². The minimum atomic E-state index is -0.791. The quantitative estimate of drug-likeness (QED) is 0.785. The number of allylic oxidation sites excluding steroid dienone is 2. The zero-order valence-corrected chi connectivity index (χ0v) is 9.30. The van der Waals surface area contributed by atoms with Gasteiger partial charge in [-0.2, -0.15) is 0 Å². The summed E-state index contributed by atoms with van der Waals surface area (Å²) in [5, 5.41) is 8.36. The molecule has 4 heteroatoms. The predicted octanol–water partition coefficient (Wildman–Crippen LogP) is 2.46. The van der Waals surface area contributed by atoms with Crippen molar-refractivity contribution in [1.29, 1.82) is 0 Å². The molecule has 4 nitrogen and oxygen atoms in total. The molecule has 90 valence electrons. The van der Waals surface area contributed by atoms with Gasteiger partial charge in [-0.25, -0.2) is 0 Å². The molecule has 0 fully saturated rings. The van der Waals surface area contributed by atoms with Crippen molar-refractivity contribution in [2.24, 2.45) is 0 Å². The lowest BCUT2D eigenvalue weighted by Gasteiger charge is -2.16. The molecular weight excluding hydrogens is 208 g/mol. The normalized spacial score (nSPS) is 22.4. The Hall–Kier alpha value is -1.45. The van der Waals surface area contributed by atoms with Crippen LogP contribution in [0.5, 0.6) is 0 Å². The van der Waals surface area contributed by atoms with Gasteiger partial charge in [0.05, 0.1) is 25.6 Å². The average molecular weight is 226 g/mol. The molecular formula is C12H18O4. The first-order chi connectivity index (χ1) is 7.79. The van der Waals surface area contributed by atoms with E-state index in [0.717, 1.165) is 19.4 Å². The molecule has 0 saturated carbocycles. The number of carbonyl (C=O) groups is 1. The van der Waals surface area contributed by atoms with Crippen LogP contribution in [0.1, 0.15) is 32.1 Å². The van der Waals surface area contributed by atoms with Gasteiger partial charge in [-0.05, 0) is 37.8 Å². The fourth-order valence-corrected chi connectivity index (χ4v) is 1.42. The molecule has 0 spiro atoms. The number of aliphatic carboxylic acids is 1. The second kappa shape index (κ2) is 7.79. The smallest absolute Gasteiger partial charge is 0.307 e. The van der Waals surface area contributed by atoms with Crippen LogP contribution < -0.4 is 0 Å². The zero-order valence-electron chi connectivity index (χ0n) is 9.30. The van der Waals surface area contributed by atoms with E-state index in [1.54, 1.807) is 12.5 Å². The SMILES string of the molecule is C1=COCCC1.O=C(O)CC1CCC=CO1. The van der Waals surface area contributed by atoms with Crippen molar-refractivity contribution in [3.05, 3.63) is 24.7 Å². The third kappa shape index (κ3) is 6.11. The van der Waals surface area contributed by atoms with Gasteiger partial charge in [-0.15, -0.1) is 0 Å². The largest absolute Gasteiger partial charge is 0.502 e. The molecule has 16 heavy (non-hydrogen) atoms. The maximum atomic E-state index is 10.2. The van der Waals surface area contributed by atoms with Gasteiger partial charge in [0.15, 0.2) is 0 Å². The third-order valence-corrected chi connectivity index (χ3v) is 2.25. The summed E-state index contributed by atoms with van der Waals surface area (Å²) in [4.78, 5) is 10.2. The van der Waals surface area contributed by atoms with Crippen molar-refractivity contribution in [1.82, 2.24) is 0 Å². The summed E-state index contributed by atoms with van der Waals surface area (Å²) in [6.45, 7) is 0.913. The van der Waals surface area contributed by atoms with E-state index in [2.05, 4.69) is 0 Å². The summed E-state index contributed by atoms with van der Waals surface area (Å²) in [5.41, 5.74) is 0. The maximum absolute atomic E-state index is 10.2. The molecule has 2 aliphatic heterocycles. The average Bonchev–Trinajstić information content (AvgIpc) is 2.32. The van der Waals surface area contributed by atoms with Crippen LogP contribution in [-0.2, 0) is 14.3 Å². The molecule has 0 saturated heterocycles. The number of hydrogen-bond donors (Lipinski definition) is 1. The molecule has 0 bridgehead atoms. The summed E-state index contributed by atoms with van der Waals surface area (Å²) in [6.07, 6.45) is 11.4. The molecule has 0 amide bonds. The highest BCUT2D eigenvalue weighted by molar-refractivity contribution is 5.67. The van der Waals surface area contributed by atoms with Crippen LogP contribution in [0, 0.1) is 0 Å². The Balaban J connectivity index is 0.000000181. The number of hydrogen-bond acceptors (Lipinski definition) is 3. The molecule has 0 aliphatic carbocycles. The van der Waals surface area contributed by atoms with Crippen LogP contribution in [0.15, 0.2) is 24.7 Å². The third-order valence-electron chi connectivity index (χ3n) is 2.25. The Bertz CT molecular complexity index is 250. The highest BCUT2D eigenvalue weighted by Gasteiger charge is 2.14. The van der Waals surface area contributed by atoms with E-state index in [0.29, 0.717) is 0 Å². The Morgan fingerprint density at radius 3 is 2.50 bits per heavy atom. The minimum Gasteiger partial charge on any atom is -0.502 e. The van der Waals surface area contributed by atoms with Crippen LogP contribution in [0.25, 0.3) is 0 Å². The monoisotopic (exact) mass is 226 g/mol. The molecule has 0 aromatic heterocycles. The second-order valence-electron chi connectivity index (χ2n) is 3.69. The van der Waals surface area contributed by atoms with Crippen molar-refractivity contribution in [2.45, 2.75) is 38.2 Å². The number of carboxylic acids is 1. The van der Waals surface area contributed by atoms with E-state index in [1.165, 1.54) is 12.8 Å². The first-order valence-electron chi connectivity index (χ1n) is 5.58. The summed E-state index contributed by atoms with van der Waals surface area (Å²) >= 11 is 0. The highest BCUT2D eigenvalue weighted by atomic mass is 16.5. The predicted molar refractivity (Wildman–Crippen MR) is 59.8 cm³/mol. The summed E-state index contributed by atoms with van der Waals surface area (Å²) in [6, 6.07) is 0. The lowest BCUT2D eigenvalue weighted by atomic mass is 10.1. The van der Waals surface area contributed by atoms with Gasteiger partial charge in [0, 0.05) is 0 Å². The number of carboxylic acid groups (broad SMARTS) is 1. The highest BCUT2D eigenvalue weighted by Crippen LogP contribution is 2.12. The molecule has 0 aromatic rings. The standard InChI is InChI=1S/C7H10O3.C5H8O/c8-7(9)5-6-3-1-2-4-10-6;1-2-4-6-5-3-1/h2,4,6H,1,3,5H2,(H,8,9);2,4H,1,3,5H2. The van der Waals surface area contributed by atoms with Gasteiger partial charge in [-0.3, -0.25) is 4.79 Å². The van der Waals surface area contributed by atoms with E-state index in [1.807, 2.05) is 12.2 Å². The molecule has 2 heterocycles.